The van der Waals surface area contributed by atoms with Crippen LogP contribution in [-0.2, 0) is 0 Å². The van der Waals surface area contributed by atoms with E-state index in [0.29, 0.717) is 11.3 Å². The molecule has 4 aromatic heterocycles. The van der Waals surface area contributed by atoms with Crippen LogP contribution in [0.4, 0.5) is 10.2 Å². The zero-order valence-electron chi connectivity index (χ0n) is 10.8. The van der Waals surface area contributed by atoms with Gasteiger partial charge in [-0.25, -0.2) is 14.4 Å². The van der Waals surface area contributed by atoms with E-state index in [1.165, 1.54) is 12.3 Å². The lowest BCUT2D eigenvalue weighted by Gasteiger charge is -2.02. The number of aromatic nitrogens is 4. The lowest BCUT2D eigenvalue weighted by Crippen LogP contribution is -1.95. The quantitative estimate of drug-likeness (QED) is 0.561. The molecule has 6 heteroatoms. The molecule has 0 amide bonds. The zero-order chi connectivity index (χ0) is 14.4. The molecular weight excluding hydrogens is 269 g/mol. The van der Waals surface area contributed by atoms with Crippen LogP contribution in [0.5, 0.6) is 0 Å². The second-order valence-electron chi connectivity index (χ2n) is 4.73. The van der Waals surface area contributed by atoms with Crippen LogP contribution in [0.15, 0.2) is 42.9 Å². The number of hydrogen-bond donors (Lipinski definition) is 2. The van der Waals surface area contributed by atoms with Gasteiger partial charge in [0, 0.05) is 34.9 Å². The Balaban J connectivity index is 1.94. The van der Waals surface area contributed by atoms with E-state index in [2.05, 4.69) is 19.9 Å². The van der Waals surface area contributed by atoms with Crippen LogP contribution in [0.1, 0.15) is 0 Å². The highest BCUT2D eigenvalue weighted by molar-refractivity contribution is 6.05. The Morgan fingerprint density at radius 2 is 2.00 bits per heavy atom. The van der Waals surface area contributed by atoms with E-state index < -0.39 is 5.82 Å². The van der Waals surface area contributed by atoms with Gasteiger partial charge in [0.15, 0.2) is 11.6 Å². The molecule has 102 valence electrons. The minimum atomic E-state index is -0.546. The monoisotopic (exact) mass is 279 g/mol. The molecule has 0 fully saturated rings. The van der Waals surface area contributed by atoms with Crippen molar-refractivity contribution in [3.05, 3.63) is 48.7 Å². The van der Waals surface area contributed by atoms with Gasteiger partial charge in [0.2, 0.25) is 0 Å². The van der Waals surface area contributed by atoms with Gasteiger partial charge in [0.05, 0.1) is 11.2 Å². The van der Waals surface area contributed by atoms with Gasteiger partial charge < -0.3 is 10.7 Å². The molecule has 4 rings (SSSR count). The SMILES string of the molecule is Nc1ncc(-c2ccc3c(n2)[nH]c2ccncc23)cc1F. The minimum absolute atomic E-state index is 0.114. The fraction of sp³-hybridized carbons (Fsp3) is 0. The molecule has 4 aromatic rings. The summed E-state index contributed by atoms with van der Waals surface area (Å²) < 4.78 is 13.5. The van der Waals surface area contributed by atoms with E-state index in [-0.39, 0.29) is 5.82 Å². The first-order valence-electron chi connectivity index (χ1n) is 6.36. The average molecular weight is 279 g/mol. The maximum absolute atomic E-state index is 13.5. The van der Waals surface area contributed by atoms with Crippen molar-refractivity contribution in [1.29, 1.82) is 0 Å². The van der Waals surface area contributed by atoms with Gasteiger partial charge in [0.1, 0.15) is 5.65 Å². The molecule has 0 atom stereocenters. The number of nitrogens with two attached hydrogens (primary N) is 1. The lowest BCUT2D eigenvalue weighted by molar-refractivity contribution is 0.628. The van der Waals surface area contributed by atoms with Gasteiger partial charge in [-0.2, -0.15) is 0 Å². The number of halogens is 1. The summed E-state index contributed by atoms with van der Waals surface area (Å²) in [5.41, 5.74) is 8.30. The number of H-pyrrole nitrogens is 1. The lowest BCUT2D eigenvalue weighted by atomic mass is 10.1. The molecule has 0 aliphatic rings. The van der Waals surface area contributed by atoms with Crippen molar-refractivity contribution in [3.8, 4) is 11.3 Å². The van der Waals surface area contributed by atoms with Crippen molar-refractivity contribution < 1.29 is 4.39 Å². The molecule has 5 nitrogen and oxygen atoms in total. The topological polar surface area (TPSA) is 80.5 Å². The van der Waals surface area contributed by atoms with Crippen LogP contribution in [0.2, 0.25) is 0 Å². The summed E-state index contributed by atoms with van der Waals surface area (Å²) in [6.07, 6.45) is 5.02. The predicted octanol–water partition coefficient (Wildman–Crippen LogP) is 2.89. The normalized spacial score (nSPS) is 11.3. The van der Waals surface area contributed by atoms with Gasteiger partial charge in [-0.3, -0.25) is 4.98 Å². The first kappa shape index (κ1) is 11.8. The summed E-state index contributed by atoms with van der Waals surface area (Å²) >= 11 is 0. The standard InChI is InChI=1S/C15H10FN5/c16-11-5-8(6-19-14(11)17)12-2-1-9-10-7-18-4-3-13(10)21-15(9)20-12/h1-7H,(H2,17,19)(H,20,21). The molecule has 0 aliphatic heterocycles. The summed E-state index contributed by atoms with van der Waals surface area (Å²) in [5, 5.41) is 1.99. The molecular formula is C15H10FN5. The summed E-state index contributed by atoms with van der Waals surface area (Å²) in [6, 6.07) is 6.99. The second kappa shape index (κ2) is 4.24. The third-order valence-corrected chi connectivity index (χ3v) is 3.42. The molecule has 0 saturated carbocycles. The molecule has 3 N–H and O–H groups in total. The molecule has 0 unspecified atom stereocenters. The largest absolute Gasteiger partial charge is 0.381 e. The third-order valence-electron chi connectivity index (χ3n) is 3.42. The Morgan fingerprint density at radius 3 is 2.86 bits per heavy atom. The van der Waals surface area contributed by atoms with Gasteiger partial charge >= 0.3 is 0 Å². The number of nitrogens with one attached hydrogen (secondary N) is 1. The molecule has 21 heavy (non-hydrogen) atoms. The van der Waals surface area contributed by atoms with Crippen LogP contribution < -0.4 is 5.73 Å². The van der Waals surface area contributed by atoms with Crippen molar-refractivity contribution in [2.45, 2.75) is 0 Å². The van der Waals surface area contributed by atoms with Crippen molar-refractivity contribution in [2.75, 3.05) is 5.73 Å². The number of nitrogen functional groups attached to an aromatic ring is 1. The van der Waals surface area contributed by atoms with Gasteiger partial charge in [-0.15, -0.1) is 0 Å². The Morgan fingerprint density at radius 1 is 1.10 bits per heavy atom. The van der Waals surface area contributed by atoms with E-state index >= 15 is 0 Å². The van der Waals surface area contributed by atoms with Crippen LogP contribution >= 0.6 is 0 Å². The summed E-state index contributed by atoms with van der Waals surface area (Å²) in [4.78, 5) is 15.7. The highest BCUT2D eigenvalue weighted by Crippen LogP contribution is 2.26. The van der Waals surface area contributed by atoms with Crippen LogP contribution in [0.3, 0.4) is 0 Å². The fourth-order valence-electron chi connectivity index (χ4n) is 2.37. The van der Waals surface area contributed by atoms with E-state index in [9.17, 15) is 4.39 Å². The predicted molar refractivity (Wildman–Crippen MR) is 79.0 cm³/mol. The number of anilines is 1. The number of fused-ring (bicyclic) bond motifs is 3. The van der Waals surface area contributed by atoms with Crippen molar-refractivity contribution in [3.63, 3.8) is 0 Å². The highest BCUT2D eigenvalue weighted by Gasteiger charge is 2.09. The molecule has 0 aromatic carbocycles. The number of rotatable bonds is 1. The molecule has 0 saturated heterocycles. The molecule has 0 bridgehead atoms. The Hall–Kier alpha value is -3.02. The van der Waals surface area contributed by atoms with E-state index in [1.807, 2.05) is 18.2 Å². The number of hydrogen-bond acceptors (Lipinski definition) is 4. The zero-order valence-corrected chi connectivity index (χ0v) is 10.8. The maximum Gasteiger partial charge on any atom is 0.165 e. The van der Waals surface area contributed by atoms with E-state index in [0.717, 1.165) is 21.9 Å². The maximum atomic E-state index is 13.5. The van der Waals surface area contributed by atoms with Crippen LogP contribution in [-0.4, -0.2) is 19.9 Å². The first-order valence-corrected chi connectivity index (χ1v) is 6.36. The Bertz CT molecular complexity index is 976. The van der Waals surface area contributed by atoms with Crippen molar-refractivity contribution >= 4 is 27.8 Å². The van der Waals surface area contributed by atoms with Crippen LogP contribution in [0.25, 0.3) is 33.2 Å². The Labute approximate surface area is 118 Å². The summed E-state index contributed by atoms with van der Waals surface area (Å²) in [7, 11) is 0. The smallest absolute Gasteiger partial charge is 0.165 e. The van der Waals surface area contributed by atoms with E-state index in [1.54, 1.807) is 12.4 Å². The fourth-order valence-corrected chi connectivity index (χ4v) is 2.37. The number of nitrogens with zero attached hydrogens (tertiary/aromatic N) is 3. The summed E-state index contributed by atoms with van der Waals surface area (Å²) in [5.74, 6) is -0.660. The molecule has 4 heterocycles. The molecule has 0 spiro atoms. The second-order valence-corrected chi connectivity index (χ2v) is 4.73. The molecule has 0 aliphatic carbocycles. The minimum Gasteiger partial charge on any atom is -0.381 e. The first-order chi connectivity index (χ1) is 10.2. The van der Waals surface area contributed by atoms with Gasteiger partial charge in [0.25, 0.3) is 0 Å². The molecule has 0 radical (unpaired) electrons. The van der Waals surface area contributed by atoms with Gasteiger partial charge in [-0.1, -0.05) is 0 Å². The van der Waals surface area contributed by atoms with E-state index in [4.69, 9.17) is 5.73 Å². The number of pyridine rings is 3. The average Bonchev–Trinajstić information content (AvgIpc) is 2.87. The van der Waals surface area contributed by atoms with Crippen molar-refractivity contribution in [1.82, 2.24) is 19.9 Å². The van der Waals surface area contributed by atoms with Crippen LogP contribution in [0, 0.1) is 5.82 Å². The number of aromatic amines is 1. The highest BCUT2D eigenvalue weighted by atomic mass is 19.1. The third kappa shape index (κ3) is 1.80. The summed E-state index contributed by atoms with van der Waals surface area (Å²) in [6.45, 7) is 0. The Kier molecular flexibility index (Phi) is 2.38. The van der Waals surface area contributed by atoms with Gasteiger partial charge in [-0.05, 0) is 24.3 Å². The van der Waals surface area contributed by atoms with Crippen molar-refractivity contribution in [2.24, 2.45) is 0 Å².